The van der Waals surface area contributed by atoms with Crippen LogP contribution in [0.5, 0.6) is 11.5 Å². The van der Waals surface area contributed by atoms with Crippen molar-refractivity contribution in [1.82, 2.24) is 0 Å². The summed E-state index contributed by atoms with van der Waals surface area (Å²) in [5.41, 5.74) is 4.32. The van der Waals surface area contributed by atoms with E-state index < -0.39 is 5.97 Å². The second kappa shape index (κ2) is 7.76. The first kappa shape index (κ1) is 18.1. The van der Waals surface area contributed by atoms with Crippen LogP contribution in [-0.4, -0.2) is 38.1 Å². The lowest BCUT2D eigenvalue weighted by atomic mass is 10.0. The zero-order valence-electron chi connectivity index (χ0n) is 15.8. The molecule has 0 bridgehead atoms. The van der Waals surface area contributed by atoms with Crippen molar-refractivity contribution in [2.24, 2.45) is 5.16 Å². The van der Waals surface area contributed by atoms with Crippen molar-refractivity contribution >= 4 is 17.8 Å². The maximum Gasteiger partial charge on any atom is 0.337 e. The molecule has 0 radical (unpaired) electrons. The summed E-state index contributed by atoms with van der Waals surface area (Å²) < 4.78 is 16.4. The van der Waals surface area contributed by atoms with Crippen LogP contribution in [0.15, 0.2) is 53.2 Å². The number of ether oxygens (including phenoxy) is 3. The van der Waals surface area contributed by atoms with Crippen LogP contribution >= 0.6 is 0 Å². The average molecular weight is 379 g/mol. The molecule has 0 amide bonds. The van der Waals surface area contributed by atoms with Gasteiger partial charge in [-0.1, -0.05) is 47.1 Å². The van der Waals surface area contributed by atoms with Crippen LogP contribution in [0.4, 0.5) is 0 Å². The Morgan fingerprint density at radius 1 is 1.21 bits per heavy atom. The number of fused-ring (bicyclic) bond motifs is 1. The van der Waals surface area contributed by atoms with E-state index in [0.717, 1.165) is 16.8 Å². The van der Waals surface area contributed by atoms with E-state index in [2.05, 4.69) is 5.16 Å². The van der Waals surface area contributed by atoms with Gasteiger partial charge in [0.15, 0.2) is 17.6 Å². The molecule has 0 fully saturated rings. The lowest BCUT2D eigenvalue weighted by Crippen LogP contribution is -2.23. The van der Waals surface area contributed by atoms with E-state index in [1.807, 2.05) is 49.4 Å². The maximum atomic E-state index is 12.4. The number of carbonyl (C=O) groups is 1. The zero-order valence-corrected chi connectivity index (χ0v) is 15.8. The molecule has 0 N–H and O–H groups in total. The van der Waals surface area contributed by atoms with Crippen molar-refractivity contribution in [1.29, 1.82) is 0 Å². The van der Waals surface area contributed by atoms with Gasteiger partial charge in [-0.25, -0.2) is 4.79 Å². The highest BCUT2D eigenvalue weighted by Gasteiger charge is 2.26. The van der Waals surface area contributed by atoms with Crippen molar-refractivity contribution < 1.29 is 23.8 Å². The third kappa shape index (κ3) is 3.71. The van der Waals surface area contributed by atoms with Crippen LogP contribution in [-0.2, 0) is 14.4 Å². The second-order valence-corrected chi connectivity index (χ2v) is 6.77. The molecule has 2 heterocycles. The molecule has 6 nitrogen and oxygen atoms in total. The summed E-state index contributed by atoms with van der Waals surface area (Å²) in [4.78, 5) is 17.8. The third-order valence-corrected chi connectivity index (χ3v) is 4.71. The lowest BCUT2D eigenvalue weighted by molar-refractivity contribution is -0.143. The van der Waals surface area contributed by atoms with E-state index in [-0.39, 0.29) is 19.3 Å². The molecule has 144 valence electrons. The van der Waals surface area contributed by atoms with Gasteiger partial charge in [0.05, 0.1) is 18.4 Å². The second-order valence-electron chi connectivity index (χ2n) is 6.77. The minimum Gasteiger partial charge on any atom is -0.493 e. The quantitative estimate of drug-likeness (QED) is 0.744. The van der Waals surface area contributed by atoms with Crippen LogP contribution in [0.25, 0.3) is 6.08 Å². The molecule has 4 rings (SSSR count). The number of oxime groups is 1. The minimum absolute atomic E-state index is 0.139. The van der Waals surface area contributed by atoms with Crippen molar-refractivity contribution in [2.75, 3.05) is 20.3 Å². The molecule has 0 spiro atoms. The minimum atomic E-state index is -0.416. The van der Waals surface area contributed by atoms with Crippen LogP contribution in [0.2, 0.25) is 0 Å². The molecule has 2 aliphatic rings. The van der Waals surface area contributed by atoms with Gasteiger partial charge >= 0.3 is 5.97 Å². The molecule has 6 heteroatoms. The van der Waals surface area contributed by atoms with Gasteiger partial charge < -0.3 is 19.0 Å². The SMILES string of the molecule is COc1cccc2c1OCC(C(=O)OCC1CC(c3ccc(C)cc3)=NO1)=C2. The van der Waals surface area contributed by atoms with Crippen LogP contribution < -0.4 is 9.47 Å². The first-order valence-corrected chi connectivity index (χ1v) is 9.11. The number of benzene rings is 2. The van der Waals surface area contributed by atoms with Gasteiger partial charge in [-0.2, -0.15) is 0 Å². The monoisotopic (exact) mass is 379 g/mol. The molecule has 0 aliphatic carbocycles. The van der Waals surface area contributed by atoms with Crippen LogP contribution in [0.3, 0.4) is 0 Å². The number of hydrogen-bond donors (Lipinski definition) is 0. The Bertz CT molecular complexity index is 946. The number of rotatable bonds is 5. The Balaban J connectivity index is 1.34. The molecule has 28 heavy (non-hydrogen) atoms. The fourth-order valence-electron chi connectivity index (χ4n) is 3.15. The van der Waals surface area contributed by atoms with Gasteiger partial charge in [-0.15, -0.1) is 0 Å². The van der Waals surface area contributed by atoms with Crippen molar-refractivity contribution in [3.8, 4) is 11.5 Å². The summed E-state index contributed by atoms with van der Waals surface area (Å²) in [5, 5.41) is 4.13. The first-order valence-electron chi connectivity index (χ1n) is 9.11. The fraction of sp³-hybridized carbons (Fsp3) is 0.273. The van der Waals surface area contributed by atoms with Gasteiger partial charge in [0.25, 0.3) is 0 Å². The number of nitrogens with zero attached hydrogens (tertiary/aromatic N) is 1. The molecule has 2 aromatic carbocycles. The Morgan fingerprint density at radius 3 is 2.82 bits per heavy atom. The highest BCUT2D eigenvalue weighted by Crippen LogP contribution is 2.35. The molecule has 0 aromatic heterocycles. The van der Waals surface area contributed by atoms with E-state index in [9.17, 15) is 4.79 Å². The number of aryl methyl sites for hydroxylation is 1. The Labute approximate surface area is 163 Å². The average Bonchev–Trinajstić information content (AvgIpc) is 3.20. The van der Waals surface area contributed by atoms with Gasteiger partial charge in [0.1, 0.15) is 13.2 Å². The van der Waals surface area contributed by atoms with E-state index in [0.29, 0.717) is 23.5 Å². The third-order valence-electron chi connectivity index (χ3n) is 4.71. The Hall–Kier alpha value is -3.28. The van der Waals surface area contributed by atoms with Gasteiger partial charge in [0.2, 0.25) is 0 Å². The molecule has 0 saturated carbocycles. The van der Waals surface area contributed by atoms with Crippen molar-refractivity contribution in [3.63, 3.8) is 0 Å². The number of carbonyl (C=O) groups excluding carboxylic acids is 1. The van der Waals surface area contributed by atoms with E-state index >= 15 is 0 Å². The van der Waals surface area contributed by atoms with E-state index in [1.54, 1.807) is 13.2 Å². The summed E-state index contributed by atoms with van der Waals surface area (Å²) in [6.07, 6.45) is 2.09. The number of hydrogen-bond acceptors (Lipinski definition) is 6. The topological polar surface area (TPSA) is 66.4 Å². The summed E-state index contributed by atoms with van der Waals surface area (Å²) in [6, 6.07) is 13.6. The van der Waals surface area contributed by atoms with Gasteiger partial charge in [-0.3, -0.25) is 0 Å². The largest absolute Gasteiger partial charge is 0.493 e. The highest BCUT2D eigenvalue weighted by atomic mass is 16.7. The Kier molecular flexibility index (Phi) is 5.02. The van der Waals surface area contributed by atoms with Gasteiger partial charge in [-0.05, 0) is 24.6 Å². The van der Waals surface area contributed by atoms with E-state index in [1.165, 1.54) is 5.56 Å². The fourth-order valence-corrected chi connectivity index (χ4v) is 3.15. The van der Waals surface area contributed by atoms with Crippen molar-refractivity contribution in [3.05, 3.63) is 64.7 Å². The summed E-state index contributed by atoms with van der Waals surface area (Å²) >= 11 is 0. The normalized spacial score (nSPS) is 17.6. The number of methoxy groups -OCH3 is 1. The molecule has 1 atom stereocenters. The standard InChI is InChI=1S/C22H21NO5/c1-14-6-8-15(9-7-14)19-11-18(28-23-19)13-27-22(24)17-10-16-4-3-5-20(25-2)21(16)26-12-17/h3-10,18H,11-13H2,1-2H3. The Morgan fingerprint density at radius 2 is 2.04 bits per heavy atom. The highest BCUT2D eigenvalue weighted by molar-refractivity contribution is 6.01. The molecule has 2 aliphatic heterocycles. The molecule has 1 unspecified atom stereocenters. The maximum absolute atomic E-state index is 12.4. The lowest BCUT2D eigenvalue weighted by Gasteiger charge is -2.19. The molecule has 0 saturated heterocycles. The first-order chi connectivity index (χ1) is 13.6. The van der Waals surface area contributed by atoms with Crippen LogP contribution in [0.1, 0.15) is 23.1 Å². The number of para-hydroxylation sites is 1. The summed E-state index contributed by atoms with van der Waals surface area (Å²) in [7, 11) is 1.58. The molecular weight excluding hydrogens is 358 g/mol. The number of esters is 1. The predicted octanol–water partition coefficient (Wildman–Crippen LogP) is 3.52. The summed E-state index contributed by atoms with van der Waals surface area (Å²) in [6.45, 7) is 2.32. The van der Waals surface area contributed by atoms with E-state index in [4.69, 9.17) is 19.0 Å². The molecular formula is C22H21NO5. The predicted molar refractivity (Wildman–Crippen MR) is 105 cm³/mol. The smallest absolute Gasteiger partial charge is 0.337 e. The van der Waals surface area contributed by atoms with Crippen molar-refractivity contribution in [2.45, 2.75) is 19.4 Å². The molecule has 2 aromatic rings. The van der Waals surface area contributed by atoms with Gasteiger partial charge in [0, 0.05) is 12.0 Å². The van der Waals surface area contributed by atoms with Crippen LogP contribution in [0, 0.1) is 6.92 Å². The zero-order chi connectivity index (χ0) is 19.5. The summed E-state index contributed by atoms with van der Waals surface area (Å²) in [5.74, 6) is 0.860.